The Bertz CT molecular complexity index is 175. The van der Waals surface area contributed by atoms with Crippen LogP contribution in [0.5, 0.6) is 0 Å². The van der Waals surface area contributed by atoms with Crippen LogP contribution < -0.4 is 0 Å². The Balaban J connectivity index is 2.79. The van der Waals surface area contributed by atoms with E-state index in [1.165, 1.54) is 5.57 Å². The van der Waals surface area contributed by atoms with Crippen molar-refractivity contribution < 1.29 is 5.11 Å². The number of hydrogen-bond donors (Lipinski definition) is 1. The second kappa shape index (κ2) is 2.91. The zero-order chi connectivity index (χ0) is 7.56. The lowest BCUT2D eigenvalue weighted by molar-refractivity contribution is 0.408. The third kappa shape index (κ3) is 1.41. The predicted molar refractivity (Wildman–Crippen MR) is 42.9 cm³/mol. The third-order valence-electron chi connectivity index (χ3n) is 1.88. The molecular weight excluding hydrogens is 124 g/mol. The van der Waals surface area contributed by atoms with Gasteiger partial charge in [-0.1, -0.05) is 19.9 Å². The van der Waals surface area contributed by atoms with Crippen molar-refractivity contribution in [2.45, 2.75) is 26.7 Å². The normalized spacial score (nSPS) is 18.7. The van der Waals surface area contributed by atoms with Crippen LogP contribution in [0.15, 0.2) is 23.5 Å². The SMILES string of the molecule is CC(C)C1=C(O)C=CCC1. The molecule has 1 nitrogen and oxygen atoms in total. The Morgan fingerprint density at radius 2 is 2.20 bits per heavy atom. The number of hydrogen-bond acceptors (Lipinski definition) is 1. The molecule has 0 atom stereocenters. The highest BCUT2D eigenvalue weighted by Crippen LogP contribution is 2.23. The van der Waals surface area contributed by atoms with E-state index in [0.717, 1.165) is 12.8 Å². The van der Waals surface area contributed by atoms with Crippen molar-refractivity contribution in [1.29, 1.82) is 0 Å². The number of allylic oxidation sites excluding steroid dienone is 3. The van der Waals surface area contributed by atoms with Gasteiger partial charge in [0.25, 0.3) is 0 Å². The third-order valence-corrected chi connectivity index (χ3v) is 1.88. The van der Waals surface area contributed by atoms with Gasteiger partial charge >= 0.3 is 0 Å². The summed E-state index contributed by atoms with van der Waals surface area (Å²) in [6, 6.07) is 0. The number of aliphatic hydroxyl groups is 1. The summed E-state index contributed by atoms with van der Waals surface area (Å²) >= 11 is 0. The summed E-state index contributed by atoms with van der Waals surface area (Å²) < 4.78 is 0. The molecule has 0 saturated heterocycles. The molecule has 1 aliphatic carbocycles. The number of aliphatic hydroxyl groups excluding tert-OH is 1. The van der Waals surface area contributed by atoms with Crippen LogP contribution in [0.4, 0.5) is 0 Å². The summed E-state index contributed by atoms with van der Waals surface area (Å²) in [7, 11) is 0. The van der Waals surface area contributed by atoms with Crippen molar-refractivity contribution in [3.05, 3.63) is 23.5 Å². The minimum absolute atomic E-state index is 0.487. The topological polar surface area (TPSA) is 20.2 Å². The minimum Gasteiger partial charge on any atom is -0.508 e. The van der Waals surface area contributed by atoms with Crippen LogP contribution >= 0.6 is 0 Å². The molecule has 1 aliphatic rings. The molecule has 56 valence electrons. The Kier molecular flexibility index (Phi) is 2.15. The lowest BCUT2D eigenvalue weighted by Crippen LogP contribution is -2.00. The van der Waals surface area contributed by atoms with E-state index in [1.807, 2.05) is 6.08 Å². The highest BCUT2D eigenvalue weighted by molar-refractivity contribution is 5.24. The average Bonchev–Trinajstić information content (AvgIpc) is 1.88. The fourth-order valence-corrected chi connectivity index (χ4v) is 1.25. The molecule has 0 amide bonds. The van der Waals surface area contributed by atoms with Gasteiger partial charge in [-0.15, -0.1) is 0 Å². The molecule has 0 heterocycles. The van der Waals surface area contributed by atoms with Crippen molar-refractivity contribution in [2.24, 2.45) is 5.92 Å². The molecule has 10 heavy (non-hydrogen) atoms. The second-order valence-electron chi connectivity index (χ2n) is 3.01. The molecular formula is C9H14O. The fourth-order valence-electron chi connectivity index (χ4n) is 1.25. The van der Waals surface area contributed by atoms with Gasteiger partial charge in [-0.25, -0.2) is 0 Å². The summed E-state index contributed by atoms with van der Waals surface area (Å²) in [5.74, 6) is 0.978. The van der Waals surface area contributed by atoms with Crippen molar-refractivity contribution in [3.8, 4) is 0 Å². The molecule has 0 aromatic heterocycles. The monoisotopic (exact) mass is 138 g/mol. The van der Waals surface area contributed by atoms with Crippen LogP contribution in [0.25, 0.3) is 0 Å². The van der Waals surface area contributed by atoms with E-state index in [1.54, 1.807) is 6.08 Å². The Morgan fingerprint density at radius 3 is 2.60 bits per heavy atom. The molecule has 0 aliphatic heterocycles. The van der Waals surface area contributed by atoms with E-state index in [4.69, 9.17) is 0 Å². The summed E-state index contributed by atoms with van der Waals surface area (Å²) in [4.78, 5) is 0. The highest BCUT2D eigenvalue weighted by Gasteiger charge is 2.09. The summed E-state index contributed by atoms with van der Waals surface area (Å²) in [5, 5.41) is 9.33. The van der Waals surface area contributed by atoms with Gasteiger partial charge in [-0.05, 0) is 30.4 Å². The van der Waals surface area contributed by atoms with E-state index in [9.17, 15) is 5.11 Å². The molecule has 0 aromatic carbocycles. The summed E-state index contributed by atoms with van der Waals surface area (Å²) in [6.07, 6.45) is 5.93. The van der Waals surface area contributed by atoms with Gasteiger partial charge in [0.1, 0.15) is 5.76 Å². The predicted octanol–water partition coefficient (Wildman–Crippen LogP) is 2.80. The van der Waals surface area contributed by atoms with Crippen LogP contribution in [0.2, 0.25) is 0 Å². The van der Waals surface area contributed by atoms with Gasteiger partial charge in [0.2, 0.25) is 0 Å². The fraction of sp³-hybridized carbons (Fsp3) is 0.556. The largest absolute Gasteiger partial charge is 0.508 e. The quantitative estimate of drug-likeness (QED) is 0.590. The first kappa shape index (κ1) is 7.39. The van der Waals surface area contributed by atoms with Crippen LogP contribution in [0.1, 0.15) is 26.7 Å². The van der Waals surface area contributed by atoms with Crippen molar-refractivity contribution in [3.63, 3.8) is 0 Å². The van der Waals surface area contributed by atoms with Crippen molar-refractivity contribution in [1.82, 2.24) is 0 Å². The van der Waals surface area contributed by atoms with Crippen LogP contribution in [-0.2, 0) is 0 Å². The van der Waals surface area contributed by atoms with Gasteiger partial charge in [-0.2, -0.15) is 0 Å². The van der Waals surface area contributed by atoms with Gasteiger partial charge in [0, 0.05) is 0 Å². The van der Waals surface area contributed by atoms with Gasteiger partial charge in [0.15, 0.2) is 0 Å². The standard InChI is InChI=1S/C9H14O/c1-7(2)8-5-3-4-6-9(8)10/h4,6-7,10H,3,5H2,1-2H3. The molecule has 0 unspecified atom stereocenters. The summed E-state index contributed by atoms with van der Waals surface area (Å²) in [6.45, 7) is 4.23. The maximum Gasteiger partial charge on any atom is 0.114 e. The van der Waals surface area contributed by atoms with E-state index in [0.29, 0.717) is 11.7 Å². The van der Waals surface area contributed by atoms with Crippen molar-refractivity contribution in [2.75, 3.05) is 0 Å². The molecule has 0 spiro atoms. The molecule has 0 radical (unpaired) electrons. The molecule has 1 rings (SSSR count). The van der Waals surface area contributed by atoms with Crippen LogP contribution in [-0.4, -0.2) is 5.11 Å². The molecule has 0 saturated carbocycles. The van der Waals surface area contributed by atoms with E-state index in [-0.39, 0.29) is 0 Å². The van der Waals surface area contributed by atoms with E-state index in [2.05, 4.69) is 13.8 Å². The molecule has 0 fully saturated rings. The zero-order valence-corrected chi connectivity index (χ0v) is 6.59. The van der Waals surface area contributed by atoms with Gasteiger partial charge in [0.05, 0.1) is 0 Å². The molecule has 0 aromatic rings. The maximum absolute atomic E-state index is 9.33. The van der Waals surface area contributed by atoms with Crippen molar-refractivity contribution >= 4 is 0 Å². The average molecular weight is 138 g/mol. The molecule has 0 bridgehead atoms. The van der Waals surface area contributed by atoms with Gasteiger partial charge in [-0.3, -0.25) is 0 Å². The lowest BCUT2D eigenvalue weighted by Gasteiger charge is -2.14. The molecule has 1 N–H and O–H groups in total. The zero-order valence-electron chi connectivity index (χ0n) is 6.59. The van der Waals surface area contributed by atoms with E-state index >= 15 is 0 Å². The van der Waals surface area contributed by atoms with E-state index < -0.39 is 0 Å². The summed E-state index contributed by atoms with van der Waals surface area (Å²) in [5.41, 5.74) is 1.20. The van der Waals surface area contributed by atoms with Gasteiger partial charge < -0.3 is 5.11 Å². The first-order valence-electron chi connectivity index (χ1n) is 3.80. The smallest absolute Gasteiger partial charge is 0.114 e. The van der Waals surface area contributed by atoms with Crippen LogP contribution in [0, 0.1) is 5.92 Å². The van der Waals surface area contributed by atoms with Crippen LogP contribution in [0.3, 0.4) is 0 Å². The Morgan fingerprint density at radius 1 is 1.50 bits per heavy atom. The Hall–Kier alpha value is -0.720. The maximum atomic E-state index is 9.33. The minimum atomic E-state index is 0.487. The highest BCUT2D eigenvalue weighted by atomic mass is 16.3. The first-order valence-corrected chi connectivity index (χ1v) is 3.80. The lowest BCUT2D eigenvalue weighted by atomic mass is 9.94. The first-order chi connectivity index (χ1) is 4.72. The Labute approximate surface area is 62.1 Å². The molecule has 1 heteroatoms. The number of rotatable bonds is 1. The second-order valence-corrected chi connectivity index (χ2v) is 3.01.